The molecule has 0 spiro atoms. The Labute approximate surface area is 131 Å². The second-order valence-electron chi connectivity index (χ2n) is 5.14. The van der Waals surface area contributed by atoms with Crippen LogP contribution in [0.25, 0.3) is 0 Å². The normalized spacial score (nSPS) is 10.8. The van der Waals surface area contributed by atoms with Crippen molar-refractivity contribution in [1.29, 1.82) is 0 Å². The highest BCUT2D eigenvalue weighted by molar-refractivity contribution is 7.85. The Morgan fingerprint density at radius 2 is 1.55 bits per heavy atom. The van der Waals surface area contributed by atoms with E-state index in [1.54, 1.807) is 32.0 Å². The van der Waals surface area contributed by atoms with Crippen LogP contribution >= 0.6 is 0 Å². The van der Waals surface area contributed by atoms with Gasteiger partial charge in [0.05, 0.1) is 4.90 Å². The summed E-state index contributed by atoms with van der Waals surface area (Å²) in [7, 11) is -4.33. The molecule has 0 aliphatic heterocycles. The fourth-order valence-corrected chi connectivity index (χ4v) is 3.12. The van der Waals surface area contributed by atoms with E-state index in [1.165, 1.54) is 4.68 Å². The van der Waals surface area contributed by atoms with Crippen LogP contribution < -0.4 is 16.3 Å². The number of aromatic nitrogens is 1. The summed E-state index contributed by atoms with van der Waals surface area (Å²) in [4.78, 5) is -0.0851. The average Bonchev–Trinajstić information content (AvgIpc) is 2.33. The molecule has 0 bridgehead atoms. The second kappa shape index (κ2) is 6.76. The molecule has 6 nitrogen and oxygen atoms in total. The SMILES string of the molecule is Cc1cc(C)c(S(=O)(=O)[O-])c(C)c1.Cc1cccc(N)[n+]1N. The number of rotatable bonds is 1. The highest BCUT2D eigenvalue weighted by Gasteiger charge is 2.09. The van der Waals surface area contributed by atoms with Gasteiger partial charge in [-0.25, -0.2) is 8.42 Å². The van der Waals surface area contributed by atoms with Crippen LogP contribution in [0.2, 0.25) is 0 Å². The maximum absolute atomic E-state index is 10.8. The zero-order chi connectivity index (χ0) is 17.1. The van der Waals surface area contributed by atoms with E-state index in [2.05, 4.69) is 0 Å². The average molecular weight is 323 g/mol. The van der Waals surface area contributed by atoms with E-state index < -0.39 is 10.1 Å². The van der Waals surface area contributed by atoms with Crippen molar-refractivity contribution in [1.82, 2.24) is 0 Å². The van der Waals surface area contributed by atoms with Gasteiger partial charge in [-0.1, -0.05) is 23.8 Å². The molecule has 120 valence electrons. The number of pyridine rings is 1. The third-order valence-corrected chi connectivity index (χ3v) is 4.26. The number of hydrogen-bond acceptors (Lipinski definition) is 5. The molecule has 0 saturated heterocycles. The monoisotopic (exact) mass is 323 g/mol. The summed E-state index contributed by atoms with van der Waals surface area (Å²) in [6.45, 7) is 7.02. The summed E-state index contributed by atoms with van der Waals surface area (Å²) < 4.78 is 33.9. The molecule has 1 aromatic carbocycles. The topological polar surface area (TPSA) is 113 Å². The predicted octanol–water partition coefficient (Wildman–Crippen LogP) is 1.09. The van der Waals surface area contributed by atoms with Crippen LogP contribution in [0.5, 0.6) is 0 Å². The highest BCUT2D eigenvalue weighted by Crippen LogP contribution is 2.20. The van der Waals surface area contributed by atoms with E-state index in [9.17, 15) is 13.0 Å². The Kier molecular flexibility index (Phi) is 5.51. The number of anilines is 1. The molecule has 0 aliphatic rings. The molecule has 0 saturated carbocycles. The van der Waals surface area contributed by atoms with Crippen LogP contribution in [0, 0.1) is 27.7 Å². The summed E-state index contributed by atoms with van der Waals surface area (Å²) in [6.07, 6.45) is 0. The molecule has 0 radical (unpaired) electrons. The molecule has 0 amide bonds. The van der Waals surface area contributed by atoms with Crippen molar-refractivity contribution in [2.75, 3.05) is 11.6 Å². The fourth-order valence-electron chi connectivity index (χ4n) is 2.21. The minimum Gasteiger partial charge on any atom is -0.744 e. The zero-order valence-electron chi connectivity index (χ0n) is 13.1. The molecule has 0 unspecified atom stereocenters. The van der Waals surface area contributed by atoms with Gasteiger partial charge in [-0.2, -0.15) is 0 Å². The van der Waals surface area contributed by atoms with Gasteiger partial charge in [0, 0.05) is 13.0 Å². The van der Waals surface area contributed by atoms with Crippen LogP contribution in [-0.4, -0.2) is 13.0 Å². The van der Waals surface area contributed by atoms with Crippen LogP contribution in [0.1, 0.15) is 22.4 Å². The molecule has 22 heavy (non-hydrogen) atoms. The largest absolute Gasteiger partial charge is 0.744 e. The van der Waals surface area contributed by atoms with Crippen molar-refractivity contribution >= 4 is 15.9 Å². The number of aryl methyl sites for hydroxylation is 4. The molecular weight excluding hydrogens is 302 g/mol. The van der Waals surface area contributed by atoms with Crippen molar-refractivity contribution in [3.8, 4) is 0 Å². The van der Waals surface area contributed by atoms with E-state index in [1.807, 2.05) is 26.0 Å². The maximum atomic E-state index is 10.8. The van der Waals surface area contributed by atoms with Gasteiger partial charge in [0.25, 0.3) is 5.82 Å². The summed E-state index contributed by atoms with van der Waals surface area (Å²) in [6, 6.07) is 8.91. The first-order chi connectivity index (χ1) is 10.0. The Morgan fingerprint density at radius 3 is 1.91 bits per heavy atom. The third-order valence-electron chi connectivity index (χ3n) is 3.12. The number of nitrogens with zero attached hydrogens (tertiary/aromatic N) is 1. The van der Waals surface area contributed by atoms with E-state index >= 15 is 0 Å². The van der Waals surface area contributed by atoms with Crippen molar-refractivity contribution in [3.63, 3.8) is 0 Å². The first-order valence-corrected chi connectivity index (χ1v) is 8.01. The number of nitrogen functional groups attached to an aromatic ring is 2. The molecule has 4 N–H and O–H groups in total. The second-order valence-corrected chi connectivity index (χ2v) is 6.46. The van der Waals surface area contributed by atoms with E-state index in [0.29, 0.717) is 16.9 Å². The van der Waals surface area contributed by atoms with Gasteiger partial charge in [0.2, 0.25) is 0 Å². The van der Waals surface area contributed by atoms with E-state index in [4.69, 9.17) is 11.6 Å². The number of nitrogens with two attached hydrogens (primary N) is 2. The van der Waals surface area contributed by atoms with Crippen LogP contribution in [0.4, 0.5) is 5.82 Å². The predicted molar refractivity (Wildman–Crippen MR) is 84.6 cm³/mol. The third kappa shape index (κ3) is 4.44. The van der Waals surface area contributed by atoms with Gasteiger partial charge in [-0.3, -0.25) is 11.6 Å². The molecule has 0 atom stereocenters. The standard InChI is InChI=1S/C9H12O3S.C6H9N3/c1-6-4-7(2)9(8(3)5-6)13(10,11)12;1-5-3-2-4-6(7)9(5)8/h4-5H,1-3H3,(H,10,11,12);2-4,7H,8H2,1H3. The molecule has 2 rings (SSSR count). The lowest BCUT2D eigenvalue weighted by molar-refractivity contribution is -0.630. The summed E-state index contributed by atoms with van der Waals surface area (Å²) in [5, 5.41) is 0. The minimum absolute atomic E-state index is 0.0851. The van der Waals surface area contributed by atoms with Gasteiger partial charge in [-0.05, 0) is 38.0 Å². The van der Waals surface area contributed by atoms with Crippen LogP contribution in [0.15, 0.2) is 35.2 Å². The quantitative estimate of drug-likeness (QED) is 0.463. The van der Waals surface area contributed by atoms with Crippen molar-refractivity contribution < 1.29 is 17.6 Å². The molecule has 1 aromatic heterocycles. The molecular formula is C15H21N3O3S. The van der Waals surface area contributed by atoms with Gasteiger partial charge in [0.1, 0.15) is 15.8 Å². The minimum atomic E-state index is -4.33. The van der Waals surface area contributed by atoms with E-state index in [0.717, 1.165) is 11.3 Å². The molecule has 1 heterocycles. The smallest absolute Gasteiger partial charge is 0.295 e. The van der Waals surface area contributed by atoms with Gasteiger partial charge >= 0.3 is 0 Å². The lowest BCUT2D eigenvalue weighted by atomic mass is 10.1. The van der Waals surface area contributed by atoms with Crippen molar-refractivity contribution in [2.45, 2.75) is 32.6 Å². The Morgan fingerprint density at radius 1 is 1.05 bits per heavy atom. The maximum Gasteiger partial charge on any atom is 0.295 e. The zero-order valence-corrected chi connectivity index (χ0v) is 13.9. The summed E-state index contributed by atoms with van der Waals surface area (Å²) >= 11 is 0. The number of benzene rings is 1. The lowest BCUT2D eigenvalue weighted by Crippen LogP contribution is -2.49. The first kappa shape index (κ1) is 17.9. The van der Waals surface area contributed by atoms with Gasteiger partial charge in [0.15, 0.2) is 0 Å². The van der Waals surface area contributed by atoms with Crippen LogP contribution in [0.3, 0.4) is 0 Å². The van der Waals surface area contributed by atoms with Crippen molar-refractivity contribution in [3.05, 3.63) is 52.7 Å². The Bertz CT molecular complexity index is 743. The van der Waals surface area contributed by atoms with Gasteiger partial charge < -0.3 is 4.55 Å². The van der Waals surface area contributed by atoms with Crippen LogP contribution in [-0.2, 0) is 10.1 Å². The Balaban J connectivity index is 0.000000235. The molecule has 2 aromatic rings. The lowest BCUT2D eigenvalue weighted by Gasteiger charge is -2.14. The molecule has 0 fully saturated rings. The fraction of sp³-hybridized carbons (Fsp3) is 0.267. The molecule has 7 heteroatoms. The molecule has 0 aliphatic carbocycles. The van der Waals surface area contributed by atoms with Gasteiger partial charge in [-0.15, -0.1) is 4.68 Å². The van der Waals surface area contributed by atoms with Crippen molar-refractivity contribution in [2.24, 2.45) is 0 Å². The first-order valence-electron chi connectivity index (χ1n) is 6.60. The Hall–Kier alpha value is -2.12. The highest BCUT2D eigenvalue weighted by atomic mass is 32.2. The summed E-state index contributed by atoms with van der Waals surface area (Å²) in [5.41, 5.74) is 8.41. The van der Waals surface area contributed by atoms with E-state index in [-0.39, 0.29) is 4.90 Å². The number of hydrogen-bond donors (Lipinski definition) is 2. The summed E-state index contributed by atoms with van der Waals surface area (Å²) in [5.74, 6) is 6.05.